The average Bonchev–Trinajstić information content (AvgIpc) is 2.56. The molecular weight excluding hydrogens is 278 g/mol. The van der Waals surface area contributed by atoms with Crippen LogP contribution in [0.25, 0.3) is 0 Å². The second-order valence-corrected chi connectivity index (χ2v) is 5.21. The molecule has 0 saturated carbocycles. The molecule has 1 aliphatic heterocycles. The van der Waals surface area contributed by atoms with Crippen molar-refractivity contribution in [2.45, 2.75) is 13.8 Å². The zero-order valence-electron chi connectivity index (χ0n) is 13.1. The van der Waals surface area contributed by atoms with E-state index in [4.69, 9.17) is 4.74 Å². The van der Waals surface area contributed by atoms with Crippen molar-refractivity contribution in [2.24, 2.45) is 0 Å². The zero-order chi connectivity index (χ0) is 15.4. The molecule has 0 N–H and O–H groups in total. The number of hydrogen-bond donors (Lipinski definition) is 0. The van der Waals surface area contributed by atoms with E-state index in [1.165, 1.54) is 0 Å². The van der Waals surface area contributed by atoms with E-state index in [1.54, 1.807) is 0 Å². The van der Waals surface area contributed by atoms with Crippen LogP contribution in [-0.4, -0.2) is 47.7 Å². The van der Waals surface area contributed by atoms with E-state index >= 15 is 0 Å². The number of aromatic nitrogens is 3. The fourth-order valence-electron chi connectivity index (χ4n) is 2.61. The maximum absolute atomic E-state index is 5.51. The summed E-state index contributed by atoms with van der Waals surface area (Å²) in [5.74, 6) is 3.37. The number of pyridine rings is 1. The predicted molar refractivity (Wildman–Crippen MR) is 86.6 cm³/mol. The van der Waals surface area contributed by atoms with Crippen LogP contribution in [0.1, 0.15) is 12.7 Å². The summed E-state index contributed by atoms with van der Waals surface area (Å²) in [7, 11) is 0. The Bertz CT molecular complexity index is 611. The Morgan fingerprint density at radius 1 is 1.05 bits per heavy atom. The first-order valence-corrected chi connectivity index (χ1v) is 7.65. The van der Waals surface area contributed by atoms with Gasteiger partial charge in [-0.3, -0.25) is 0 Å². The first-order valence-electron chi connectivity index (χ1n) is 7.65. The summed E-state index contributed by atoms with van der Waals surface area (Å²) in [6.07, 6.45) is 1.84. The van der Waals surface area contributed by atoms with Gasteiger partial charge in [0.05, 0.1) is 6.61 Å². The standard InChI is InChI=1S/C16H21N5O/c1-3-22-16-12-15(18-13(2)19-16)21-10-8-20(9-11-21)14-6-4-5-7-17-14/h4-7,12H,3,8-11H2,1-2H3. The van der Waals surface area contributed by atoms with Crippen LogP contribution in [0.3, 0.4) is 0 Å². The summed E-state index contributed by atoms with van der Waals surface area (Å²) < 4.78 is 5.51. The molecular formula is C16H21N5O. The van der Waals surface area contributed by atoms with E-state index in [-0.39, 0.29) is 0 Å². The third-order valence-electron chi connectivity index (χ3n) is 3.67. The third-order valence-corrected chi connectivity index (χ3v) is 3.67. The van der Waals surface area contributed by atoms with Crippen LogP contribution in [0.5, 0.6) is 5.88 Å². The molecule has 0 amide bonds. The van der Waals surface area contributed by atoms with E-state index in [2.05, 4.69) is 30.8 Å². The number of aryl methyl sites for hydroxylation is 1. The molecule has 0 bridgehead atoms. The van der Waals surface area contributed by atoms with Gasteiger partial charge in [0.1, 0.15) is 17.5 Å². The van der Waals surface area contributed by atoms with E-state index in [9.17, 15) is 0 Å². The molecule has 0 atom stereocenters. The third kappa shape index (κ3) is 3.27. The van der Waals surface area contributed by atoms with Crippen molar-refractivity contribution in [3.63, 3.8) is 0 Å². The zero-order valence-corrected chi connectivity index (χ0v) is 13.1. The summed E-state index contributed by atoms with van der Waals surface area (Å²) in [5.41, 5.74) is 0. The lowest BCUT2D eigenvalue weighted by atomic mass is 10.3. The summed E-state index contributed by atoms with van der Waals surface area (Å²) in [5, 5.41) is 0. The highest BCUT2D eigenvalue weighted by Gasteiger charge is 2.19. The Morgan fingerprint density at radius 2 is 1.77 bits per heavy atom. The van der Waals surface area contributed by atoms with Crippen molar-refractivity contribution < 1.29 is 4.74 Å². The summed E-state index contributed by atoms with van der Waals surface area (Å²) in [4.78, 5) is 17.8. The fourth-order valence-corrected chi connectivity index (χ4v) is 2.61. The van der Waals surface area contributed by atoms with Crippen molar-refractivity contribution in [3.05, 3.63) is 36.3 Å². The monoisotopic (exact) mass is 299 g/mol. The van der Waals surface area contributed by atoms with Crippen molar-refractivity contribution in [3.8, 4) is 5.88 Å². The molecule has 3 heterocycles. The van der Waals surface area contributed by atoms with Gasteiger partial charge in [-0.15, -0.1) is 0 Å². The summed E-state index contributed by atoms with van der Waals surface area (Å²) >= 11 is 0. The van der Waals surface area contributed by atoms with Gasteiger partial charge in [-0.1, -0.05) is 6.07 Å². The van der Waals surface area contributed by atoms with E-state index < -0.39 is 0 Å². The van der Waals surface area contributed by atoms with Crippen molar-refractivity contribution in [1.82, 2.24) is 15.0 Å². The van der Waals surface area contributed by atoms with Crippen LogP contribution in [-0.2, 0) is 0 Å². The quantitative estimate of drug-likeness (QED) is 0.859. The lowest BCUT2D eigenvalue weighted by Gasteiger charge is -2.36. The van der Waals surface area contributed by atoms with E-state index in [0.29, 0.717) is 12.5 Å². The Labute approximate surface area is 130 Å². The number of ether oxygens (including phenoxy) is 1. The Kier molecular flexibility index (Phi) is 4.37. The molecule has 0 aromatic carbocycles. The maximum Gasteiger partial charge on any atom is 0.218 e. The number of rotatable bonds is 4. The molecule has 6 heteroatoms. The molecule has 0 unspecified atom stereocenters. The molecule has 2 aromatic heterocycles. The molecule has 1 aliphatic rings. The van der Waals surface area contributed by atoms with Gasteiger partial charge in [-0.05, 0) is 26.0 Å². The fraction of sp³-hybridized carbons (Fsp3) is 0.438. The van der Waals surface area contributed by atoms with Gasteiger partial charge in [-0.25, -0.2) is 9.97 Å². The van der Waals surface area contributed by atoms with Gasteiger partial charge in [0, 0.05) is 38.4 Å². The number of anilines is 2. The van der Waals surface area contributed by atoms with Crippen LogP contribution in [0, 0.1) is 6.92 Å². The predicted octanol–water partition coefficient (Wildman–Crippen LogP) is 1.91. The van der Waals surface area contributed by atoms with Crippen LogP contribution in [0.15, 0.2) is 30.5 Å². The molecule has 0 aliphatic carbocycles. The second-order valence-electron chi connectivity index (χ2n) is 5.21. The summed E-state index contributed by atoms with van der Waals surface area (Å²) in [6, 6.07) is 7.94. The van der Waals surface area contributed by atoms with E-state index in [0.717, 1.165) is 43.6 Å². The van der Waals surface area contributed by atoms with Gasteiger partial charge in [0.25, 0.3) is 0 Å². The average molecular weight is 299 g/mol. The van der Waals surface area contributed by atoms with Gasteiger partial charge >= 0.3 is 0 Å². The van der Waals surface area contributed by atoms with Gasteiger partial charge in [0.2, 0.25) is 5.88 Å². The molecule has 22 heavy (non-hydrogen) atoms. The topological polar surface area (TPSA) is 54.4 Å². The van der Waals surface area contributed by atoms with Gasteiger partial charge < -0.3 is 14.5 Å². The SMILES string of the molecule is CCOc1cc(N2CCN(c3ccccn3)CC2)nc(C)n1. The molecule has 3 rings (SSSR count). The lowest BCUT2D eigenvalue weighted by molar-refractivity contribution is 0.325. The maximum atomic E-state index is 5.51. The van der Waals surface area contributed by atoms with Gasteiger partial charge in [0.15, 0.2) is 0 Å². The summed E-state index contributed by atoms with van der Waals surface area (Å²) in [6.45, 7) is 8.17. The van der Waals surface area contributed by atoms with Crippen molar-refractivity contribution >= 4 is 11.6 Å². The van der Waals surface area contributed by atoms with Crippen LogP contribution >= 0.6 is 0 Å². The highest BCUT2D eigenvalue weighted by atomic mass is 16.5. The molecule has 0 spiro atoms. The van der Waals surface area contributed by atoms with Crippen molar-refractivity contribution in [2.75, 3.05) is 42.6 Å². The van der Waals surface area contributed by atoms with Crippen LogP contribution in [0.2, 0.25) is 0 Å². The molecule has 116 valence electrons. The normalized spacial score (nSPS) is 15.0. The second kappa shape index (κ2) is 6.60. The smallest absolute Gasteiger partial charge is 0.218 e. The molecule has 1 saturated heterocycles. The highest BCUT2D eigenvalue weighted by Crippen LogP contribution is 2.20. The first kappa shape index (κ1) is 14.6. The number of nitrogens with zero attached hydrogens (tertiary/aromatic N) is 5. The first-order chi connectivity index (χ1) is 10.8. The minimum Gasteiger partial charge on any atom is -0.478 e. The number of hydrogen-bond acceptors (Lipinski definition) is 6. The largest absolute Gasteiger partial charge is 0.478 e. The van der Waals surface area contributed by atoms with Gasteiger partial charge in [-0.2, -0.15) is 4.98 Å². The molecule has 0 radical (unpaired) electrons. The highest BCUT2D eigenvalue weighted by molar-refractivity contribution is 5.46. The minimum atomic E-state index is 0.614. The Morgan fingerprint density at radius 3 is 2.41 bits per heavy atom. The molecule has 2 aromatic rings. The van der Waals surface area contributed by atoms with Crippen molar-refractivity contribution in [1.29, 1.82) is 0 Å². The minimum absolute atomic E-state index is 0.614. The Balaban J connectivity index is 1.68. The van der Waals surface area contributed by atoms with Crippen LogP contribution < -0.4 is 14.5 Å². The molecule has 1 fully saturated rings. The lowest BCUT2D eigenvalue weighted by Crippen LogP contribution is -2.47. The van der Waals surface area contributed by atoms with E-state index in [1.807, 2.05) is 38.2 Å². The number of piperazine rings is 1. The Hall–Kier alpha value is -2.37. The molecule has 6 nitrogen and oxygen atoms in total. The van der Waals surface area contributed by atoms with Crippen LogP contribution in [0.4, 0.5) is 11.6 Å².